The predicted molar refractivity (Wildman–Crippen MR) is 40.9 cm³/mol. The van der Waals surface area contributed by atoms with Crippen molar-refractivity contribution in [2.45, 2.75) is 6.92 Å². The van der Waals surface area contributed by atoms with Crippen LogP contribution in [0.15, 0.2) is 0 Å². The van der Waals surface area contributed by atoms with Crippen molar-refractivity contribution in [3.63, 3.8) is 0 Å². The van der Waals surface area contributed by atoms with E-state index in [-0.39, 0.29) is 0 Å². The molecule has 0 aliphatic heterocycles. The molecule has 0 spiro atoms. The van der Waals surface area contributed by atoms with Crippen molar-refractivity contribution in [3.05, 3.63) is 0 Å². The van der Waals surface area contributed by atoms with Crippen LogP contribution in [-0.4, -0.2) is 20.4 Å². The van der Waals surface area contributed by atoms with Gasteiger partial charge in [0.1, 0.15) is 0 Å². The van der Waals surface area contributed by atoms with Crippen molar-refractivity contribution < 1.29 is 14.4 Å². The molecule has 7 heteroatoms. The van der Waals surface area contributed by atoms with Gasteiger partial charge in [-0.15, -0.1) is 4.08 Å². The fourth-order valence-electron chi connectivity index (χ4n) is 0.273. The molecular weight excluding hydrogens is 229 g/mol. The minimum absolute atomic E-state index is 0.306. The molecule has 0 aromatic carbocycles. The van der Waals surface area contributed by atoms with E-state index in [1.54, 1.807) is 6.92 Å². The molecule has 0 saturated carbocycles. The van der Waals surface area contributed by atoms with Crippen LogP contribution in [0.3, 0.4) is 0 Å². The molecule has 2 N–H and O–H groups in total. The lowest BCUT2D eigenvalue weighted by atomic mass is 10.8. The maximum absolute atomic E-state index is 10.4. The van der Waals surface area contributed by atoms with Crippen molar-refractivity contribution >= 4 is 32.9 Å². The van der Waals surface area contributed by atoms with Gasteiger partial charge in [-0.3, -0.25) is 0 Å². The molecule has 4 nitrogen and oxygen atoms in total. The summed E-state index contributed by atoms with van der Waals surface area (Å²) in [5.74, 6) is 0. The Kier molecular flexibility index (Phi) is 4.37. The van der Waals surface area contributed by atoms with Crippen LogP contribution in [0.1, 0.15) is 6.92 Å². The Bertz CT molecular complexity index is 123. The van der Waals surface area contributed by atoms with Crippen LogP contribution >= 0.6 is 32.9 Å². The minimum atomic E-state index is -4.03. The van der Waals surface area contributed by atoms with Crippen LogP contribution in [0, 0.1) is 0 Å². The second-order valence-corrected chi connectivity index (χ2v) is 4.48. The smallest absolute Gasteiger partial charge is 0.312 e. The summed E-state index contributed by atoms with van der Waals surface area (Å²) in [6.45, 7) is 1.97. The maximum atomic E-state index is 10.4. The highest BCUT2D eigenvalue weighted by Gasteiger charge is 2.22. The lowest BCUT2D eigenvalue weighted by molar-refractivity contribution is 0.331. The lowest BCUT2D eigenvalue weighted by Crippen LogP contribution is -2.08. The third kappa shape index (κ3) is 3.60. The van der Waals surface area contributed by atoms with Crippen LogP contribution in [0.25, 0.3) is 0 Å². The fraction of sp³-hybridized carbons (Fsp3) is 1.00. The Labute approximate surface area is 65.2 Å². The van der Waals surface area contributed by atoms with E-state index in [4.69, 9.17) is 9.79 Å². The van der Waals surface area contributed by atoms with Gasteiger partial charge in [0, 0.05) is 31.7 Å². The minimum Gasteiger partial charge on any atom is -0.312 e. The number of nitrogens with zero attached hydrogens (tertiary/aromatic N) is 1. The van der Waals surface area contributed by atoms with Crippen LogP contribution in [0.5, 0.6) is 0 Å². The first kappa shape index (κ1) is 9.94. The van der Waals surface area contributed by atoms with Gasteiger partial charge in [-0.1, -0.05) is 6.92 Å². The Hall–Kier alpha value is 0.940. The summed E-state index contributed by atoms with van der Waals surface area (Å²) in [4.78, 5) is 16.9. The molecule has 0 saturated heterocycles. The van der Waals surface area contributed by atoms with Gasteiger partial charge >= 0.3 is 7.75 Å². The predicted octanol–water partition coefficient (Wildman–Crippen LogP) is 1.36. The Morgan fingerprint density at radius 2 is 2.22 bits per heavy atom. The van der Waals surface area contributed by atoms with Crippen molar-refractivity contribution in [3.8, 4) is 0 Å². The highest BCUT2D eigenvalue weighted by Crippen LogP contribution is 2.46. The summed E-state index contributed by atoms with van der Waals surface area (Å²) in [6.07, 6.45) is 0. The molecule has 9 heavy (non-hydrogen) atoms. The van der Waals surface area contributed by atoms with E-state index in [0.717, 1.165) is 14.5 Å². The van der Waals surface area contributed by atoms with E-state index < -0.39 is 7.75 Å². The molecule has 0 aromatic rings. The van der Waals surface area contributed by atoms with Gasteiger partial charge in [-0.05, 0) is 0 Å². The van der Waals surface area contributed by atoms with Crippen molar-refractivity contribution in [2.75, 3.05) is 6.54 Å². The van der Waals surface area contributed by atoms with E-state index in [9.17, 15) is 4.57 Å². The number of hydrogen-bond donors (Lipinski definition) is 2. The van der Waals surface area contributed by atoms with Crippen LogP contribution in [0.4, 0.5) is 0 Å². The van der Waals surface area contributed by atoms with Crippen molar-refractivity contribution in [1.82, 2.24) is 4.08 Å². The van der Waals surface area contributed by atoms with Crippen LogP contribution in [-0.2, 0) is 4.57 Å². The first-order chi connectivity index (χ1) is 4.02. The lowest BCUT2D eigenvalue weighted by Gasteiger charge is -2.15. The average molecular weight is 236 g/mol. The summed E-state index contributed by atoms with van der Waals surface area (Å²) < 4.78 is 11.3. The molecule has 0 unspecified atom stereocenters. The highest BCUT2D eigenvalue weighted by atomic mass is 79.9. The number of hydrogen-bond acceptors (Lipinski definition) is 2. The summed E-state index contributed by atoms with van der Waals surface area (Å²) in [6, 6.07) is 0. The van der Waals surface area contributed by atoms with E-state index in [1.165, 1.54) is 0 Å². The topological polar surface area (TPSA) is 60.8 Å². The normalized spacial score (nSPS) is 12.6. The van der Waals surface area contributed by atoms with Gasteiger partial charge in [0.25, 0.3) is 0 Å². The quantitative estimate of drug-likeness (QED) is 0.572. The Morgan fingerprint density at radius 3 is 2.22 bits per heavy atom. The highest BCUT2D eigenvalue weighted by molar-refractivity contribution is 9.49. The average Bonchev–Trinajstić information content (AvgIpc) is 1.65. The zero-order chi connectivity index (χ0) is 7.49. The van der Waals surface area contributed by atoms with E-state index in [2.05, 4.69) is 14.8 Å². The molecule has 0 rings (SSSR count). The third-order valence-corrected chi connectivity index (χ3v) is 4.53. The van der Waals surface area contributed by atoms with Gasteiger partial charge in [-0.25, -0.2) is 4.57 Å². The molecule has 0 aliphatic carbocycles. The van der Waals surface area contributed by atoms with E-state index in [1.807, 2.05) is 0 Å². The van der Waals surface area contributed by atoms with Gasteiger partial charge < -0.3 is 9.79 Å². The van der Waals surface area contributed by atoms with Gasteiger partial charge in [0.2, 0.25) is 0 Å². The fourth-order valence-corrected chi connectivity index (χ4v) is 3.19. The zero-order valence-corrected chi connectivity index (χ0v) is 7.99. The van der Waals surface area contributed by atoms with Crippen molar-refractivity contribution in [2.24, 2.45) is 0 Å². The second kappa shape index (κ2) is 3.95. The zero-order valence-electron chi connectivity index (χ0n) is 4.69. The largest absolute Gasteiger partial charge is 0.413 e. The molecule has 0 heterocycles. The summed E-state index contributed by atoms with van der Waals surface area (Å²) in [5, 5.41) is 0. The van der Waals surface area contributed by atoms with Gasteiger partial charge in [0.15, 0.2) is 0 Å². The van der Waals surface area contributed by atoms with E-state index >= 15 is 0 Å². The van der Waals surface area contributed by atoms with Crippen LogP contribution < -0.4 is 0 Å². The molecule has 0 amide bonds. The molecule has 0 aliphatic rings. The first-order valence-corrected chi connectivity index (χ1v) is 6.32. The SMILES string of the molecule is CCN(SBr)P(=O)(O)O. The molecule has 0 radical (unpaired) electrons. The van der Waals surface area contributed by atoms with Gasteiger partial charge in [0.05, 0.1) is 0 Å². The molecule has 0 fully saturated rings. The Morgan fingerprint density at radius 1 is 1.78 bits per heavy atom. The number of halogens is 1. The van der Waals surface area contributed by atoms with E-state index in [0.29, 0.717) is 6.54 Å². The molecule has 56 valence electrons. The van der Waals surface area contributed by atoms with Crippen molar-refractivity contribution in [1.29, 1.82) is 0 Å². The monoisotopic (exact) mass is 235 g/mol. The summed E-state index contributed by atoms with van der Waals surface area (Å²) >= 11 is 2.86. The number of rotatable bonds is 3. The second-order valence-electron chi connectivity index (χ2n) is 1.25. The molecule has 0 bridgehead atoms. The Balaban J connectivity index is 3.96. The molecule has 0 atom stereocenters. The molecular formula is C2H7BrNO3PS. The first-order valence-electron chi connectivity index (χ1n) is 2.14. The summed E-state index contributed by atoms with van der Waals surface area (Å²) in [7, 11) is -3.17. The summed E-state index contributed by atoms with van der Waals surface area (Å²) in [5.41, 5.74) is 0. The maximum Gasteiger partial charge on any atom is 0.413 e. The van der Waals surface area contributed by atoms with Crippen LogP contribution in [0.2, 0.25) is 0 Å². The molecule has 0 aromatic heterocycles. The van der Waals surface area contributed by atoms with Gasteiger partial charge in [-0.2, -0.15) is 0 Å². The standard InChI is InChI=1S/C2H7BrNO3PS/c1-2-4(9-3)8(5,6)7/h2H2,1H3,(H2,5,6,7). The third-order valence-electron chi connectivity index (χ3n) is 0.641.